The number of nitrogens with one attached hydrogen (secondary N) is 4. The number of amides is 4. The third-order valence-electron chi connectivity index (χ3n) is 5.57. The lowest BCUT2D eigenvalue weighted by Crippen LogP contribution is -2.58. The fraction of sp³-hybridized carbons (Fsp3) is 0.391. The molecule has 0 bridgehead atoms. The van der Waals surface area contributed by atoms with Gasteiger partial charge in [-0.25, -0.2) is 4.79 Å². The van der Waals surface area contributed by atoms with Crippen molar-refractivity contribution in [2.45, 2.75) is 49.9 Å². The number of fused-ring (bicyclic) bond motifs is 1. The second-order valence-corrected chi connectivity index (χ2v) is 8.84. The Kier molecular flexibility index (Phi) is 11.1. The van der Waals surface area contributed by atoms with Gasteiger partial charge < -0.3 is 42.6 Å². The summed E-state index contributed by atoms with van der Waals surface area (Å²) in [7, 11) is 0. The van der Waals surface area contributed by atoms with Crippen LogP contribution in [0.25, 0.3) is 10.9 Å². The van der Waals surface area contributed by atoms with Gasteiger partial charge in [0.2, 0.25) is 23.6 Å². The van der Waals surface area contributed by atoms with Crippen molar-refractivity contribution in [2.75, 3.05) is 5.75 Å². The van der Waals surface area contributed by atoms with E-state index >= 15 is 0 Å². The number of primary amides is 1. The minimum atomic E-state index is -1.45. The molecule has 0 radical (unpaired) electrons. The number of nitrogens with two attached hydrogens (primary N) is 2. The predicted molar refractivity (Wildman–Crippen MR) is 138 cm³/mol. The van der Waals surface area contributed by atoms with Gasteiger partial charge in [-0.2, -0.15) is 12.6 Å². The Bertz CT molecular complexity index is 1200. The van der Waals surface area contributed by atoms with Gasteiger partial charge in [-0.3, -0.25) is 24.0 Å². The maximum atomic E-state index is 13.3. The van der Waals surface area contributed by atoms with Crippen molar-refractivity contribution in [3.05, 3.63) is 36.0 Å². The number of aromatic amines is 1. The van der Waals surface area contributed by atoms with Gasteiger partial charge in [-0.1, -0.05) is 18.2 Å². The van der Waals surface area contributed by atoms with Crippen LogP contribution in [-0.2, 0) is 35.2 Å². The van der Waals surface area contributed by atoms with E-state index in [1.54, 1.807) is 30.5 Å². The van der Waals surface area contributed by atoms with Crippen molar-refractivity contribution >= 4 is 59.1 Å². The number of aromatic nitrogens is 1. The van der Waals surface area contributed by atoms with Gasteiger partial charge in [0.15, 0.2) is 0 Å². The third kappa shape index (κ3) is 8.77. The number of H-pyrrole nitrogens is 1. The number of benzene rings is 1. The number of hydrogen-bond donors (Lipinski definition) is 9. The Hall–Kier alpha value is -4.11. The molecule has 14 nitrogen and oxygen atoms in total. The van der Waals surface area contributed by atoms with Gasteiger partial charge in [0.25, 0.3) is 0 Å². The van der Waals surface area contributed by atoms with E-state index in [1.807, 2.05) is 0 Å². The zero-order valence-corrected chi connectivity index (χ0v) is 21.1. The van der Waals surface area contributed by atoms with Crippen LogP contribution >= 0.6 is 12.6 Å². The fourth-order valence-electron chi connectivity index (χ4n) is 3.57. The summed E-state index contributed by atoms with van der Waals surface area (Å²) in [6, 6.07) is 1.66. The van der Waals surface area contributed by atoms with Crippen LogP contribution < -0.4 is 27.4 Å². The largest absolute Gasteiger partial charge is 0.481 e. The van der Waals surface area contributed by atoms with Crippen molar-refractivity contribution in [3.8, 4) is 0 Å². The minimum absolute atomic E-state index is 0.0695. The second-order valence-electron chi connectivity index (χ2n) is 8.48. The van der Waals surface area contributed by atoms with Crippen molar-refractivity contribution in [1.82, 2.24) is 20.9 Å². The van der Waals surface area contributed by atoms with E-state index in [0.717, 1.165) is 10.9 Å². The highest BCUT2D eigenvalue weighted by Gasteiger charge is 2.31. The average molecular weight is 551 g/mol. The molecule has 0 fully saturated rings. The van der Waals surface area contributed by atoms with E-state index < -0.39 is 66.2 Å². The zero-order valence-electron chi connectivity index (χ0n) is 20.2. The number of carbonyl (C=O) groups is 6. The van der Waals surface area contributed by atoms with E-state index in [4.69, 9.17) is 16.6 Å². The molecule has 4 amide bonds. The molecule has 4 atom stereocenters. The van der Waals surface area contributed by atoms with Crippen molar-refractivity contribution in [3.63, 3.8) is 0 Å². The molecule has 0 spiro atoms. The van der Waals surface area contributed by atoms with Crippen LogP contribution in [0.15, 0.2) is 30.5 Å². The summed E-state index contributed by atoms with van der Waals surface area (Å²) in [5, 5.41) is 26.0. The molecule has 2 rings (SSSR count). The minimum Gasteiger partial charge on any atom is -0.481 e. The monoisotopic (exact) mass is 550 g/mol. The number of carboxylic acids is 2. The number of aliphatic carboxylic acids is 2. The van der Waals surface area contributed by atoms with Crippen molar-refractivity contribution < 1.29 is 39.0 Å². The van der Waals surface area contributed by atoms with Crippen LogP contribution in [0.2, 0.25) is 0 Å². The molecule has 206 valence electrons. The summed E-state index contributed by atoms with van der Waals surface area (Å²) in [6.45, 7) is 0. The normalized spacial score (nSPS) is 14.1. The summed E-state index contributed by atoms with van der Waals surface area (Å²) in [6.07, 6.45) is 0.324. The van der Waals surface area contributed by atoms with Gasteiger partial charge in [-0.05, 0) is 18.1 Å². The molecular formula is C23H30N6O8S. The SMILES string of the molecule is NC(=O)CCC(NC(=O)C(Cc1c[nH]c2ccccc12)NC(=O)C(N)CC(=O)O)C(=O)NC(CS)C(=O)O. The van der Waals surface area contributed by atoms with Gasteiger partial charge in [0.05, 0.1) is 12.5 Å². The van der Waals surface area contributed by atoms with Crippen LogP contribution in [0.3, 0.4) is 0 Å². The van der Waals surface area contributed by atoms with E-state index in [-0.39, 0.29) is 25.0 Å². The average Bonchev–Trinajstić information content (AvgIpc) is 3.26. The summed E-state index contributed by atoms with van der Waals surface area (Å²) in [5.74, 6) is -6.33. The van der Waals surface area contributed by atoms with Crippen LogP contribution in [0, 0.1) is 0 Å². The third-order valence-corrected chi connectivity index (χ3v) is 5.94. The lowest BCUT2D eigenvalue weighted by molar-refractivity contribution is -0.141. The van der Waals surface area contributed by atoms with Crippen molar-refractivity contribution in [1.29, 1.82) is 0 Å². The van der Waals surface area contributed by atoms with Gasteiger partial charge in [0, 0.05) is 35.7 Å². The Labute approximate surface area is 222 Å². The summed E-state index contributed by atoms with van der Waals surface area (Å²) < 4.78 is 0. The van der Waals surface area contributed by atoms with Crippen LogP contribution in [0.1, 0.15) is 24.8 Å². The van der Waals surface area contributed by atoms with Gasteiger partial charge in [-0.15, -0.1) is 0 Å². The molecule has 10 N–H and O–H groups in total. The Balaban J connectivity index is 2.31. The van der Waals surface area contributed by atoms with E-state index in [0.29, 0.717) is 5.56 Å². The van der Waals surface area contributed by atoms with E-state index in [2.05, 4.69) is 33.6 Å². The highest BCUT2D eigenvalue weighted by molar-refractivity contribution is 7.80. The van der Waals surface area contributed by atoms with E-state index in [9.17, 15) is 33.9 Å². The van der Waals surface area contributed by atoms with Crippen LogP contribution in [-0.4, -0.2) is 80.7 Å². The maximum absolute atomic E-state index is 13.3. The molecule has 2 aromatic rings. The number of hydrogen-bond acceptors (Lipinski definition) is 8. The smallest absolute Gasteiger partial charge is 0.327 e. The van der Waals surface area contributed by atoms with Gasteiger partial charge in [0.1, 0.15) is 18.1 Å². The molecule has 1 aromatic heterocycles. The molecule has 4 unspecified atom stereocenters. The quantitative estimate of drug-likeness (QED) is 0.114. The Morgan fingerprint density at radius 2 is 1.53 bits per heavy atom. The van der Waals surface area contributed by atoms with Crippen LogP contribution in [0.4, 0.5) is 0 Å². The molecule has 0 saturated carbocycles. The fourth-order valence-corrected chi connectivity index (χ4v) is 3.82. The Morgan fingerprint density at radius 3 is 2.13 bits per heavy atom. The molecule has 0 aliphatic carbocycles. The molecule has 0 saturated heterocycles. The Morgan fingerprint density at radius 1 is 0.921 bits per heavy atom. The first-order chi connectivity index (χ1) is 17.9. The molecule has 38 heavy (non-hydrogen) atoms. The second kappa shape index (κ2) is 14.0. The number of para-hydroxylation sites is 1. The number of thiol groups is 1. The maximum Gasteiger partial charge on any atom is 0.327 e. The molecular weight excluding hydrogens is 520 g/mol. The first-order valence-electron chi connectivity index (χ1n) is 11.5. The zero-order chi connectivity index (χ0) is 28.4. The summed E-state index contributed by atoms with van der Waals surface area (Å²) >= 11 is 3.88. The summed E-state index contributed by atoms with van der Waals surface area (Å²) in [5.41, 5.74) is 12.2. The number of carbonyl (C=O) groups excluding carboxylic acids is 4. The number of carboxylic acid groups (broad SMARTS) is 2. The predicted octanol–water partition coefficient (Wildman–Crippen LogP) is -1.75. The highest BCUT2D eigenvalue weighted by Crippen LogP contribution is 2.19. The molecule has 15 heteroatoms. The standard InChI is InChI=1S/C23H30N6O8S/c24-13(8-19(31)32)20(33)28-16(7-11-9-26-14-4-2-1-3-12(11)14)22(35)27-15(5-6-18(25)30)21(34)29-17(10-38)23(36)37/h1-4,9,13,15-17,26,38H,5-8,10,24H2,(H2,25,30)(H,27,35)(H,28,33)(H,29,34)(H,31,32)(H,36,37). The molecule has 0 aliphatic heterocycles. The lowest BCUT2D eigenvalue weighted by Gasteiger charge is -2.24. The van der Waals surface area contributed by atoms with E-state index in [1.165, 1.54) is 0 Å². The van der Waals surface area contributed by atoms with Crippen molar-refractivity contribution in [2.24, 2.45) is 11.5 Å². The lowest BCUT2D eigenvalue weighted by atomic mass is 10.0. The highest BCUT2D eigenvalue weighted by atomic mass is 32.1. The summed E-state index contributed by atoms with van der Waals surface area (Å²) in [4.78, 5) is 75.3. The topological polar surface area (TPSA) is 247 Å². The molecule has 1 aromatic carbocycles. The first-order valence-corrected chi connectivity index (χ1v) is 12.1. The van der Waals surface area contributed by atoms with Gasteiger partial charge >= 0.3 is 11.9 Å². The molecule has 0 aliphatic rings. The number of rotatable bonds is 15. The first kappa shape index (κ1) is 30.1. The van der Waals surface area contributed by atoms with Crippen LogP contribution in [0.5, 0.6) is 0 Å². The molecule has 1 heterocycles.